The van der Waals surface area contributed by atoms with Crippen LogP contribution in [0.5, 0.6) is 0 Å². The lowest BCUT2D eigenvalue weighted by molar-refractivity contribution is -0.0588. The number of amides is 1. The van der Waals surface area contributed by atoms with Gasteiger partial charge in [-0.15, -0.1) is 0 Å². The van der Waals surface area contributed by atoms with Gasteiger partial charge in [0.1, 0.15) is 0 Å². The van der Waals surface area contributed by atoms with Crippen molar-refractivity contribution in [2.75, 3.05) is 6.54 Å². The quantitative estimate of drug-likeness (QED) is 0.455. The monoisotopic (exact) mass is 221 g/mol. The van der Waals surface area contributed by atoms with E-state index < -0.39 is 0 Å². The predicted octanol–water partition coefficient (Wildman–Crippen LogP) is 3.10. The van der Waals surface area contributed by atoms with Crippen LogP contribution in [-0.2, 0) is 0 Å². The lowest BCUT2D eigenvalue weighted by Crippen LogP contribution is -2.28. The van der Waals surface area contributed by atoms with E-state index in [0.29, 0.717) is 12.1 Å². The average Bonchev–Trinajstić information content (AvgIpc) is 2.34. The van der Waals surface area contributed by atoms with Crippen molar-refractivity contribution in [1.29, 1.82) is 0 Å². The molecule has 0 aliphatic carbocycles. The number of hydrogen-bond acceptors (Lipinski definition) is 2. The molecule has 3 heteroatoms. The minimum atomic E-state index is -0.322. The molecule has 1 aromatic carbocycles. The largest absolute Gasteiger partial charge is 0.286 e. The van der Waals surface area contributed by atoms with Crippen molar-refractivity contribution < 1.29 is 10.0 Å². The molecule has 1 rings (SSSR count). The lowest BCUT2D eigenvalue weighted by Gasteiger charge is -2.14. The van der Waals surface area contributed by atoms with Gasteiger partial charge in [0.2, 0.25) is 0 Å². The van der Waals surface area contributed by atoms with Gasteiger partial charge in [-0.3, -0.25) is 10.0 Å². The molecule has 16 heavy (non-hydrogen) atoms. The van der Waals surface area contributed by atoms with Crippen LogP contribution in [0.2, 0.25) is 0 Å². The summed E-state index contributed by atoms with van der Waals surface area (Å²) in [7, 11) is 0. The molecule has 3 nitrogen and oxygen atoms in total. The van der Waals surface area contributed by atoms with Gasteiger partial charge in [0.15, 0.2) is 0 Å². The smallest absolute Gasteiger partial charge is 0.277 e. The lowest BCUT2D eigenvalue weighted by atomic mass is 10.2. The molecule has 0 aromatic heterocycles. The van der Waals surface area contributed by atoms with Gasteiger partial charge in [-0.05, 0) is 18.6 Å². The molecule has 0 heterocycles. The highest BCUT2D eigenvalue weighted by atomic mass is 16.5. The third-order valence-corrected chi connectivity index (χ3v) is 2.48. The van der Waals surface area contributed by atoms with Crippen molar-refractivity contribution in [3.05, 3.63) is 35.9 Å². The first kappa shape index (κ1) is 12.7. The van der Waals surface area contributed by atoms with Crippen LogP contribution in [0.25, 0.3) is 0 Å². The van der Waals surface area contributed by atoms with Crippen molar-refractivity contribution in [2.24, 2.45) is 0 Å². The van der Waals surface area contributed by atoms with Gasteiger partial charge in [0, 0.05) is 12.1 Å². The number of hydrogen-bond donors (Lipinski definition) is 1. The van der Waals surface area contributed by atoms with E-state index in [1.807, 2.05) is 6.07 Å². The Hall–Kier alpha value is -1.35. The zero-order chi connectivity index (χ0) is 11.8. The molecule has 0 bridgehead atoms. The molecular weight excluding hydrogens is 202 g/mol. The van der Waals surface area contributed by atoms with Crippen molar-refractivity contribution in [3.63, 3.8) is 0 Å². The second-order valence-corrected chi connectivity index (χ2v) is 3.85. The van der Waals surface area contributed by atoms with E-state index in [-0.39, 0.29) is 5.91 Å². The molecule has 0 saturated carbocycles. The fraction of sp³-hybridized carbons (Fsp3) is 0.462. The minimum Gasteiger partial charge on any atom is -0.286 e. The van der Waals surface area contributed by atoms with Crippen molar-refractivity contribution >= 4 is 5.91 Å². The van der Waals surface area contributed by atoms with Gasteiger partial charge in [-0.25, -0.2) is 5.06 Å². The summed E-state index contributed by atoms with van der Waals surface area (Å²) in [6.45, 7) is 2.54. The number of carbonyl (C=O) groups is 1. The van der Waals surface area contributed by atoms with Gasteiger partial charge in [0.25, 0.3) is 5.91 Å². The summed E-state index contributed by atoms with van der Waals surface area (Å²) < 4.78 is 0. The zero-order valence-electron chi connectivity index (χ0n) is 9.72. The summed E-state index contributed by atoms with van der Waals surface area (Å²) >= 11 is 0. The second-order valence-electron chi connectivity index (χ2n) is 3.85. The van der Waals surface area contributed by atoms with Crippen LogP contribution >= 0.6 is 0 Å². The molecule has 1 amide bonds. The van der Waals surface area contributed by atoms with Gasteiger partial charge in [-0.2, -0.15) is 0 Å². The fourth-order valence-corrected chi connectivity index (χ4v) is 1.52. The third-order valence-electron chi connectivity index (χ3n) is 2.48. The first-order valence-electron chi connectivity index (χ1n) is 5.81. The van der Waals surface area contributed by atoms with Crippen molar-refractivity contribution in [2.45, 2.75) is 32.6 Å². The predicted molar refractivity (Wildman–Crippen MR) is 63.4 cm³/mol. The Morgan fingerprint density at radius 1 is 1.19 bits per heavy atom. The number of carbonyl (C=O) groups excluding carboxylic acids is 1. The highest BCUT2D eigenvalue weighted by molar-refractivity contribution is 5.93. The highest BCUT2D eigenvalue weighted by Crippen LogP contribution is 2.05. The molecular formula is C13H19NO2. The van der Waals surface area contributed by atoms with Crippen molar-refractivity contribution in [3.8, 4) is 0 Å². The van der Waals surface area contributed by atoms with Gasteiger partial charge < -0.3 is 0 Å². The molecule has 0 aliphatic rings. The van der Waals surface area contributed by atoms with Crippen LogP contribution in [0.4, 0.5) is 0 Å². The number of hydroxylamine groups is 2. The molecule has 88 valence electrons. The summed E-state index contributed by atoms with van der Waals surface area (Å²) in [4.78, 5) is 11.7. The Kier molecular flexibility index (Phi) is 5.57. The Labute approximate surface area is 96.7 Å². The van der Waals surface area contributed by atoms with E-state index in [4.69, 9.17) is 0 Å². The van der Waals surface area contributed by atoms with Gasteiger partial charge >= 0.3 is 0 Å². The first-order chi connectivity index (χ1) is 7.75. The Balaban J connectivity index is 2.37. The SMILES string of the molecule is CCCCCCN(O)C(=O)c1ccccc1. The van der Waals surface area contributed by atoms with Crippen molar-refractivity contribution in [1.82, 2.24) is 5.06 Å². The molecule has 1 aromatic rings. The van der Waals surface area contributed by atoms with E-state index in [2.05, 4.69) is 6.92 Å². The zero-order valence-corrected chi connectivity index (χ0v) is 9.72. The Morgan fingerprint density at radius 3 is 2.50 bits per heavy atom. The van der Waals surface area contributed by atoms with Crippen LogP contribution in [-0.4, -0.2) is 22.7 Å². The summed E-state index contributed by atoms with van der Waals surface area (Å²) in [6, 6.07) is 8.84. The van der Waals surface area contributed by atoms with E-state index in [0.717, 1.165) is 30.7 Å². The fourth-order valence-electron chi connectivity index (χ4n) is 1.52. The third kappa shape index (κ3) is 4.03. The molecule has 1 N–H and O–H groups in total. The maximum absolute atomic E-state index is 11.7. The number of benzene rings is 1. The maximum Gasteiger partial charge on any atom is 0.277 e. The molecule has 0 atom stereocenters. The molecule has 0 radical (unpaired) electrons. The van der Waals surface area contributed by atoms with E-state index in [9.17, 15) is 10.0 Å². The number of rotatable bonds is 6. The van der Waals surface area contributed by atoms with Crippen LogP contribution in [0.1, 0.15) is 43.0 Å². The van der Waals surface area contributed by atoms with E-state index >= 15 is 0 Å². The van der Waals surface area contributed by atoms with E-state index in [1.165, 1.54) is 0 Å². The molecule has 0 saturated heterocycles. The first-order valence-corrected chi connectivity index (χ1v) is 5.81. The molecule has 0 unspecified atom stereocenters. The highest BCUT2D eigenvalue weighted by Gasteiger charge is 2.11. The standard InChI is InChI=1S/C13H19NO2/c1-2-3-4-8-11-14(16)13(15)12-9-6-5-7-10-12/h5-7,9-10,16H,2-4,8,11H2,1H3. The number of unbranched alkanes of at least 4 members (excludes halogenated alkanes) is 3. The Morgan fingerprint density at radius 2 is 1.88 bits per heavy atom. The maximum atomic E-state index is 11.7. The second kappa shape index (κ2) is 7.01. The van der Waals surface area contributed by atoms with Crippen LogP contribution in [0.3, 0.4) is 0 Å². The van der Waals surface area contributed by atoms with Gasteiger partial charge in [-0.1, -0.05) is 44.4 Å². The number of nitrogens with zero attached hydrogens (tertiary/aromatic N) is 1. The summed E-state index contributed by atoms with van der Waals surface area (Å²) in [5.74, 6) is -0.322. The van der Waals surface area contributed by atoms with Crippen LogP contribution in [0, 0.1) is 0 Å². The van der Waals surface area contributed by atoms with Crippen LogP contribution < -0.4 is 0 Å². The molecule has 0 spiro atoms. The normalized spacial score (nSPS) is 10.1. The van der Waals surface area contributed by atoms with Gasteiger partial charge in [0.05, 0.1) is 0 Å². The minimum absolute atomic E-state index is 0.322. The Bertz CT molecular complexity index is 311. The molecule has 0 fully saturated rings. The summed E-state index contributed by atoms with van der Waals surface area (Å²) in [5.41, 5.74) is 0.528. The average molecular weight is 221 g/mol. The summed E-state index contributed by atoms with van der Waals surface area (Å²) in [6.07, 6.45) is 4.20. The topological polar surface area (TPSA) is 40.5 Å². The summed E-state index contributed by atoms with van der Waals surface area (Å²) in [5, 5.41) is 10.4. The molecule has 0 aliphatic heterocycles. The van der Waals surface area contributed by atoms with Crippen LogP contribution in [0.15, 0.2) is 30.3 Å². The van der Waals surface area contributed by atoms with E-state index in [1.54, 1.807) is 24.3 Å².